The van der Waals surface area contributed by atoms with Crippen LogP contribution < -0.4 is 10.6 Å². The van der Waals surface area contributed by atoms with Crippen LogP contribution in [0.2, 0.25) is 0 Å². The van der Waals surface area contributed by atoms with Crippen LogP contribution >= 0.6 is 11.3 Å². The Bertz CT molecular complexity index is 934. The molecular weight excluding hydrogens is 422 g/mol. The lowest BCUT2D eigenvalue weighted by Crippen LogP contribution is -2.55. The van der Waals surface area contributed by atoms with Gasteiger partial charge in [-0.15, -0.1) is 11.3 Å². The minimum Gasteiger partial charge on any atom is -0.352 e. The first-order valence-electron chi connectivity index (χ1n) is 11.3. The number of rotatable bonds is 7. The van der Waals surface area contributed by atoms with E-state index < -0.39 is 6.04 Å². The summed E-state index contributed by atoms with van der Waals surface area (Å²) >= 11 is 1.44. The molecule has 2 aromatic rings. The van der Waals surface area contributed by atoms with Crippen LogP contribution in [0.25, 0.3) is 0 Å². The number of carbonyl (C=O) groups is 3. The Morgan fingerprint density at radius 3 is 2.34 bits per heavy atom. The van der Waals surface area contributed by atoms with Crippen molar-refractivity contribution in [3.05, 3.63) is 57.8 Å². The fourth-order valence-corrected chi connectivity index (χ4v) is 4.57. The fourth-order valence-electron chi connectivity index (χ4n) is 3.88. The smallest absolute Gasteiger partial charge is 0.263 e. The van der Waals surface area contributed by atoms with Gasteiger partial charge in [0.25, 0.3) is 11.8 Å². The predicted molar refractivity (Wildman–Crippen MR) is 128 cm³/mol. The zero-order valence-corrected chi connectivity index (χ0v) is 20.1. The van der Waals surface area contributed by atoms with Crippen LogP contribution in [0.3, 0.4) is 0 Å². The summed E-state index contributed by atoms with van der Waals surface area (Å²) in [6, 6.07) is 10.4. The van der Waals surface area contributed by atoms with E-state index in [0.29, 0.717) is 31.5 Å². The van der Waals surface area contributed by atoms with Crippen LogP contribution in [0.15, 0.2) is 41.8 Å². The van der Waals surface area contributed by atoms with Gasteiger partial charge in [0.05, 0.1) is 4.88 Å². The largest absolute Gasteiger partial charge is 0.352 e. The Labute approximate surface area is 194 Å². The quantitative estimate of drug-likeness (QED) is 0.665. The molecule has 1 fully saturated rings. The molecule has 3 rings (SSSR count). The topological polar surface area (TPSA) is 78.5 Å². The molecule has 0 aliphatic carbocycles. The number of hydrogen-bond acceptors (Lipinski definition) is 4. The molecule has 3 amide bonds. The molecule has 0 radical (unpaired) electrons. The lowest BCUT2D eigenvalue weighted by molar-refractivity contribution is -0.125. The number of nitrogens with one attached hydrogen (secondary N) is 2. The van der Waals surface area contributed by atoms with Crippen molar-refractivity contribution in [2.24, 2.45) is 11.8 Å². The molecule has 1 aliphatic heterocycles. The molecule has 2 N–H and O–H groups in total. The van der Waals surface area contributed by atoms with Gasteiger partial charge in [-0.3, -0.25) is 14.4 Å². The predicted octanol–water partition coefficient (Wildman–Crippen LogP) is 3.87. The maximum Gasteiger partial charge on any atom is 0.263 e. The Morgan fingerprint density at radius 1 is 1.03 bits per heavy atom. The number of aryl methyl sites for hydroxylation is 1. The van der Waals surface area contributed by atoms with Crippen molar-refractivity contribution >= 4 is 29.1 Å². The van der Waals surface area contributed by atoms with Crippen LogP contribution in [-0.4, -0.2) is 47.8 Å². The average molecular weight is 456 g/mol. The summed E-state index contributed by atoms with van der Waals surface area (Å²) in [6.07, 6.45) is 1.33. The van der Waals surface area contributed by atoms with Crippen LogP contribution in [0.5, 0.6) is 0 Å². The van der Waals surface area contributed by atoms with Crippen molar-refractivity contribution in [2.75, 3.05) is 13.1 Å². The van der Waals surface area contributed by atoms with E-state index in [1.165, 1.54) is 11.3 Å². The van der Waals surface area contributed by atoms with Crippen molar-refractivity contribution in [2.45, 2.75) is 52.6 Å². The van der Waals surface area contributed by atoms with Gasteiger partial charge in [0.2, 0.25) is 5.91 Å². The lowest BCUT2D eigenvalue weighted by Gasteiger charge is -2.36. The van der Waals surface area contributed by atoms with Crippen LogP contribution in [-0.2, 0) is 4.79 Å². The van der Waals surface area contributed by atoms with Gasteiger partial charge >= 0.3 is 0 Å². The maximum atomic E-state index is 13.2. The van der Waals surface area contributed by atoms with Gasteiger partial charge < -0.3 is 15.5 Å². The van der Waals surface area contributed by atoms with Crippen molar-refractivity contribution in [3.8, 4) is 0 Å². The number of piperidine rings is 1. The highest BCUT2D eigenvalue weighted by atomic mass is 32.1. The zero-order valence-electron chi connectivity index (χ0n) is 19.3. The minimum absolute atomic E-state index is 0.00127. The second kappa shape index (κ2) is 10.8. The van der Waals surface area contributed by atoms with E-state index in [1.54, 1.807) is 6.07 Å². The number of amides is 3. The summed E-state index contributed by atoms with van der Waals surface area (Å²) in [7, 11) is 0. The molecule has 1 saturated heterocycles. The first-order chi connectivity index (χ1) is 15.3. The molecule has 2 atom stereocenters. The van der Waals surface area contributed by atoms with Crippen molar-refractivity contribution < 1.29 is 14.4 Å². The monoisotopic (exact) mass is 455 g/mol. The van der Waals surface area contributed by atoms with Crippen molar-refractivity contribution in [3.63, 3.8) is 0 Å². The first-order valence-corrected chi connectivity index (χ1v) is 12.1. The highest BCUT2D eigenvalue weighted by Crippen LogP contribution is 2.24. The molecule has 2 heterocycles. The molecular formula is C25H33N3O3S. The van der Waals surface area contributed by atoms with Gasteiger partial charge in [-0.2, -0.15) is 0 Å². The molecule has 1 aromatic carbocycles. The normalized spacial score (nSPS) is 16.5. The van der Waals surface area contributed by atoms with E-state index in [2.05, 4.69) is 24.5 Å². The van der Waals surface area contributed by atoms with Gasteiger partial charge in [-0.05, 0) is 62.1 Å². The van der Waals surface area contributed by atoms with Gasteiger partial charge in [0.15, 0.2) is 0 Å². The maximum absolute atomic E-state index is 13.2. The van der Waals surface area contributed by atoms with E-state index in [1.807, 2.05) is 54.5 Å². The van der Waals surface area contributed by atoms with E-state index in [9.17, 15) is 14.4 Å². The van der Waals surface area contributed by atoms with E-state index in [-0.39, 0.29) is 35.6 Å². The number of benzene rings is 1. The summed E-state index contributed by atoms with van der Waals surface area (Å²) in [5.41, 5.74) is 1.54. The Balaban J connectivity index is 1.71. The van der Waals surface area contributed by atoms with E-state index in [4.69, 9.17) is 0 Å². The number of hydrogen-bond donors (Lipinski definition) is 2. The average Bonchev–Trinajstić information content (AvgIpc) is 3.31. The van der Waals surface area contributed by atoms with E-state index >= 15 is 0 Å². The lowest BCUT2D eigenvalue weighted by atomic mass is 9.88. The summed E-state index contributed by atoms with van der Waals surface area (Å²) in [4.78, 5) is 41.4. The second-order valence-electron chi connectivity index (χ2n) is 8.97. The van der Waals surface area contributed by atoms with Gasteiger partial charge in [-0.25, -0.2) is 0 Å². The fraction of sp³-hybridized carbons (Fsp3) is 0.480. The van der Waals surface area contributed by atoms with E-state index in [0.717, 1.165) is 10.4 Å². The van der Waals surface area contributed by atoms with Crippen molar-refractivity contribution in [1.29, 1.82) is 0 Å². The molecule has 0 unspecified atom stereocenters. The number of carbonyl (C=O) groups excluding carboxylic acids is 3. The molecule has 7 heteroatoms. The standard InChI is InChI=1S/C25H33N3O3S/c1-16(2)18(4)26-24(30)22(27-23(29)20-8-5-7-17(3)15-20)19-10-12-28(13-11-19)25(31)21-9-6-14-32-21/h5-9,14-16,18-19,22H,10-13H2,1-4H3,(H,26,30)(H,27,29)/t18-,22-/m1/s1. The molecule has 32 heavy (non-hydrogen) atoms. The van der Waals surface area contributed by atoms with Crippen LogP contribution in [0.1, 0.15) is 59.2 Å². The molecule has 1 aliphatic rings. The van der Waals surface area contributed by atoms with Gasteiger partial charge in [0, 0.05) is 24.7 Å². The Hall–Kier alpha value is -2.67. The third-order valence-electron chi connectivity index (χ3n) is 6.25. The van der Waals surface area contributed by atoms with Gasteiger partial charge in [0.1, 0.15) is 6.04 Å². The summed E-state index contributed by atoms with van der Waals surface area (Å²) < 4.78 is 0. The Morgan fingerprint density at radius 2 is 1.75 bits per heavy atom. The van der Waals surface area contributed by atoms with Crippen LogP contribution in [0.4, 0.5) is 0 Å². The summed E-state index contributed by atoms with van der Waals surface area (Å²) in [6.45, 7) is 9.17. The van der Waals surface area contributed by atoms with Crippen molar-refractivity contribution in [1.82, 2.24) is 15.5 Å². The molecule has 1 aromatic heterocycles. The minimum atomic E-state index is -0.636. The number of thiophene rings is 1. The number of likely N-dealkylation sites (tertiary alicyclic amines) is 1. The summed E-state index contributed by atoms with van der Waals surface area (Å²) in [5.74, 6) is -0.108. The van der Waals surface area contributed by atoms with Crippen LogP contribution in [0, 0.1) is 18.8 Å². The number of nitrogens with zero attached hydrogens (tertiary/aromatic N) is 1. The Kier molecular flexibility index (Phi) is 8.07. The zero-order chi connectivity index (χ0) is 23.3. The molecule has 0 spiro atoms. The molecule has 0 saturated carbocycles. The van der Waals surface area contributed by atoms with Gasteiger partial charge in [-0.1, -0.05) is 37.6 Å². The third kappa shape index (κ3) is 5.97. The SMILES string of the molecule is Cc1cccc(C(=O)N[C@@H](C(=O)N[C@H](C)C(C)C)C2CCN(C(=O)c3cccs3)CC2)c1. The molecule has 172 valence electrons. The molecule has 6 nitrogen and oxygen atoms in total. The third-order valence-corrected chi connectivity index (χ3v) is 7.11. The highest BCUT2D eigenvalue weighted by molar-refractivity contribution is 7.12. The summed E-state index contributed by atoms with van der Waals surface area (Å²) in [5, 5.41) is 7.96. The molecule has 0 bridgehead atoms. The second-order valence-corrected chi connectivity index (χ2v) is 9.92. The first kappa shape index (κ1) is 24.0. The highest BCUT2D eigenvalue weighted by Gasteiger charge is 2.35.